The summed E-state index contributed by atoms with van der Waals surface area (Å²) in [7, 11) is 0. The van der Waals surface area contributed by atoms with Gasteiger partial charge in [0.15, 0.2) is 0 Å². The molecule has 1 aromatic carbocycles. The predicted octanol–water partition coefficient (Wildman–Crippen LogP) is 2.64. The molecule has 0 aromatic heterocycles. The molecule has 2 N–H and O–H groups in total. The van der Waals surface area contributed by atoms with Gasteiger partial charge < -0.3 is 5.73 Å². The summed E-state index contributed by atoms with van der Waals surface area (Å²) in [5, 5.41) is 0. The van der Waals surface area contributed by atoms with Gasteiger partial charge in [0.1, 0.15) is 0 Å². The van der Waals surface area contributed by atoms with Crippen molar-refractivity contribution < 1.29 is 0 Å². The molecule has 1 nitrogen and oxygen atoms in total. The minimum Gasteiger partial charge on any atom is -0.323 e. The quantitative estimate of drug-likeness (QED) is 0.677. The van der Waals surface area contributed by atoms with Crippen LogP contribution in [0.3, 0.4) is 0 Å². The smallest absolute Gasteiger partial charge is 0.0384 e. The molecular weight excluding hydrogens is 166 g/mol. The molecule has 12 heavy (non-hydrogen) atoms. The van der Waals surface area contributed by atoms with Gasteiger partial charge in [0.05, 0.1) is 0 Å². The summed E-state index contributed by atoms with van der Waals surface area (Å²) < 4.78 is 0. The van der Waals surface area contributed by atoms with E-state index in [1.807, 2.05) is 44.2 Å². The van der Waals surface area contributed by atoms with Crippen LogP contribution in [0.2, 0.25) is 0 Å². The summed E-state index contributed by atoms with van der Waals surface area (Å²) in [5.41, 5.74) is 6.87. The highest BCUT2D eigenvalue weighted by Gasteiger charge is 1.99. The summed E-state index contributed by atoms with van der Waals surface area (Å²) in [4.78, 5) is 0. The van der Waals surface area contributed by atoms with Crippen LogP contribution in [0.5, 0.6) is 0 Å². The van der Waals surface area contributed by atoms with Gasteiger partial charge >= 0.3 is 0 Å². The largest absolute Gasteiger partial charge is 0.323 e. The van der Waals surface area contributed by atoms with E-state index < -0.39 is 0 Å². The summed E-state index contributed by atoms with van der Waals surface area (Å²) in [6.45, 7) is 4.00. The van der Waals surface area contributed by atoms with Gasteiger partial charge in [-0.1, -0.05) is 44.2 Å². The van der Waals surface area contributed by atoms with Crippen LogP contribution in [-0.2, 0) is 0 Å². The topological polar surface area (TPSA) is 26.0 Å². The zero-order valence-electron chi connectivity index (χ0n) is 7.70. The fraction of sp³-hybridized carbons (Fsp3) is 0.400. The fourth-order valence-electron chi connectivity index (χ4n) is 0.806. The number of benzene rings is 1. The van der Waals surface area contributed by atoms with Crippen LogP contribution in [0.15, 0.2) is 30.3 Å². The van der Waals surface area contributed by atoms with Crippen LogP contribution in [-0.4, -0.2) is 5.75 Å². The Bertz CT molecular complexity index is 186. The van der Waals surface area contributed by atoms with Gasteiger partial charge in [-0.25, -0.2) is 0 Å². The maximum absolute atomic E-state index is 5.72. The minimum absolute atomic E-state index is 0.0736. The third kappa shape index (κ3) is 3.79. The maximum Gasteiger partial charge on any atom is 0.0384 e. The Balaban J connectivity index is 0.000000561. The van der Waals surface area contributed by atoms with Gasteiger partial charge in [-0.05, 0) is 5.56 Å². The highest BCUT2D eigenvalue weighted by molar-refractivity contribution is 7.80. The second-order valence-electron chi connectivity index (χ2n) is 2.20. The van der Waals surface area contributed by atoms with Gasteiger partial charge in [-0.2, -0.15) is 12.6 Å². The second-order valence-corrected chi connectivity index (χ2v) is 2.56. The Kier molecular flexibility index (Phi) is 6.91. The van der Waals surface area contributed by atoms with Gasteiger partial charge in [0, 0.05) is 11.8 Å². The SMILES string of the molecule is CC.NC(CS)c1ccccc1. The lowest BCUT2D eigenvalue weighted by atomic mass is 10.1. The Morgan fingerprint density at radius 2 is 1.75 bits per heavy atom. The highest BCUT2D eigenvalue weighted by Crippen LogP contribution is 2.09. The third-order valence-electron chi connectivity index (χ3n) is 1.42. The molecule has 0 amide bonds. The van der Waals surface area contributed by atoms with E-state index in [-0.39, 0.29) is 6.04 Å². The molecule has 0 aliphatic heterocycles. The number of nitrogens with two attached hydrogens (primary N) is 1. The summed E-state index contributed by atoms with van der Waals surface area (Å²) in [5.74, 6) is 0.698. The normalized spacial score (nSPS) is 11.3. The minimum atomic E-state index is 0.0736. The van der Waals surface area contributed by atoms with Gasteiger partial charge in [-0.15, -0.1) is 0 Å². The lowest BCUT2D eigenvalue weighted by Crippen LogP contribution is -2.10. The molecule has 0 bridgehead atoms. The molecule has 0 saturated carbocycles. The van der Waals surface area contributed by atoms with E-state index in [0.717, 1.165) is 5.56 Å². The van der Waals surface area contributed by atoms with Crippen molar-refractivity contribution in [2.24, 2.45) is 5.73 Å². The van der Waals surface area contributed by atoms with E-state index in [0.29, 0.717) is 5.75 Å². The first-order valence-corrected chi connectivity index (χ1v) is 4.89. The van der Waals surface area contributed by atoms with E-state index in [1.165, 1.54) is 0 Å². The average molecular weight is 183 g/mol. The van der Waals surface area contributed by atoms with Crippen LogP contribution in [0, 0.1) is 0 Å². The van der Waals surface area contributed by atoms with Crippen molar-refractivity contribution in [3.8, 4) is 0 Å². The number of thiol groups is 1. The second kappa shape index (κ2) is 7.19. The van der Waals surface area contributed by atoms with Crippen LogP contribution >= 0.6 is 12.6 Å². The first-order chi connectivity index (χ1) is 5.84. The predicted molar refractivity (Wildman–Crippen MR) is 58.6 cm³/mol. The number of hydrogen-bond donors (Lipinski definition) is 2. The first kappa shape index (κ1) is 11.5. The number of rotatable bonds is 2. The van der Waals surface area contributed by atoms with Crippen molar-refractivity contribution in [1.82, 2.24) is 0 Å². The number of hydrogen-bond acceptors (Lipinski definition) is 2. The van der Waals surface area contributed by atoms with Crippen LogP contribution in [0.4, 0.5) is 0 Å². The molecular formula is C10H17NS. The summed E-state index contributed by atoms with van der Waals surface area (Å²) >= 11 is 4.10. The van der Waals surface area contributed by atoms with E-state index in [2.05, 4.69) is 12.6 Å². The van der Waals surface area contributed by atoms with Crippen molar-refractivity contribution in [3.05, 3.63) is 35.9 Å². The van der Waals surface area contributed by atoms with Crippen LogP contribution in [0.25, 0.3) is 0 Å². The lowest BCUT2D eigenvalue weighted by Gasteiger charge is -2.06. The summed E-state index contributed by atoms with van der Waals surface area (Å²) in [6, 6.07) is 10.1. The van der Waals surface area contributed by atoms with Gasteiger partial charge in [0.2, 0.25) is 0 Å². The van der Waals surface area contributed by atoms with Crippen molar-refractivity contribution in [1.29, 1.82) is 0 Å². The molecule has 0 spiro atoms. The van der Waals surface area contributed by atoms with Crippen molar-refractivity contribution in [3.63, 3.8) is 0 Å². The zero-order valence-corrected chi connectivity index (χ0v) is 8.59. The van der Waals surface area contributed by atoms with Crippen molar-refractivity contribution in [2.45, 2.75) is 19.9 Å². The molecule has 0 aliphatic carbocycles. The Morgan fingerprint density at radius 3 is 2.17 bits per heavy atom. The standard InChI is InChI=1S/C8H11NS.C2H6/c9-8(6-10)7-4-2-1-3-5-7;1-2/h1-5,8,10H,6,9H2;1-2H3. The highest BCUT2D eigenvalue weighted by atomic mass is 32.1. The van der Waals surface area contributed by atoms with Gasteiger partial charge in [-0.3, -0.25) is 0 Å². The Labute approximate surface area is 80.4 Å². The monoisotopic (exact) mass is 183 g/mol. The first-order valence-electron chi connectivity index (χ1n) is 4.26. The van der Waals surface area contributed by atoms with Crippen LogP contribution in [0.1, 0.15) is 25.5 Å². The third-order valence-corrected chi connectivity index (χ3v) is 1.82. The lowest BCUT2D eigenvalue weighted by molar-refractivity contribution is 0.834. The average Bonchev–Trinajstić information content (AvgIpc) is 2.21. The molecule has 1 unspecified atom stereocenters. The molecule has 0 radical (unpaired) electrons. The molecule has 0 heterocycles. The fourth-order valence-corrected chi connectivity index (χ4v) is 1.02. The van der Waals surface area contributed by atoms with E-state index >= 15 is 0 Å². The molecule has 0 fully saturated rings. The van der Waals surface area contributed by atoms with E-state index in [9.17, 15) is 0 Å². The van der Waals surface area contributed by atoms with E-state index in [4.69, 9.17) is 5.73 Å². The molecule has 1 aromatic rings. The maximum atomic E-state index is 5.72. The summed E-state index contributed by atoms with van der Waals surface area (Å²) in [6.07, 6.45) is 0. The van der Waals surface area contributed by atoms with Gasteiger partial charge in [0.25, 0.3) is 0 Å². The Hall–Kier alpha value is -0.470. The molecule has 1 atom stereocenters. The molecule has 68 valence electrons. The Morgan fingerprint density at radius 1 is 1.25 bits per heavy atom. The molecule has 0 saturated heterocycles. The van der Waals surface area contributed by atoms with Crippen LogP contribution < -0.4 is 5.73 Å². The van der Waals surface area contributed by atoms with E-state index in [1.54, 1.807) is 0 Å². The van der Waals surface area contributed by atoms with Crippen molar-refractivity contribution >= 4 is 12.6 Å². The molecule has 2 heteroatoms. The zero-order chi connectivity index (χ0) is 9.40. The van der Waals surface area contributed by atoms with Crippen molar-refractivity contribution in [2.75, 3.05) is 5.75 Å². The molecule has 1 rings (SSSR count). The molecule has 0 aliphatic rings.